The van der Waals surface area contributed by atoms with Crippen molar-refractivity contribution in [2.24, 2.45) is 10.9 Å². The Morgan fingerprint density at radius 3 is 2.87 bits per heavy atom. The van der Waals surface area contributed by atoms with E-state index in [1.165, 1.54) is 30.7 Å². The van der Waals surface area contributed by atoms with Gasteiger partial charge in [-0.15, -0.1) is 10.2 Å². The first kappa shape index (κ1) is 23.3. The highest BCUT2D eigenvalue weighted by Crippen LogP contribution is 2.15. The molecule has 1 atom stereocenters. The van der Waals surface area contributed by atoms with Gasteiger partial charge in [0, 0.05) is 39.0 Å². The van der Waals surface area contributed by atoms with Crippen molar-refractivity contribution in [3.05, 3.63) is 47.5 Å². The van der Waals surface area contributed by atoms with Crippen molar-refractivity contribution in [2.45, 2.75) is 65.5 Å². The van der Waals surface area contributed by atoms with Crippen LogP contribution in [-0.4, -0.2) is 47.0 Å². The number of aryl methyl sites for hydroxylation is 2. The van der Waals surface area contributed by atoms with Gasteiger partial charge in [-0.3, -0.25) is 4.99 Å². The monoisotopic (exact) mass is 426 g/mol. The highest BCUT2D eigenvalue weighted by atomic mass is 16.5. The van der Waals surface area contributed by atoms with E-state index in [2.05, 4.69) is 51.4 Å². The molecule has 0 amide bonds. The Bertz CT molecular complexity index is 789. The Hall–Kier alpha value is -2.41. The summed E-state index contributed by atoms with van der Waals surface area (Å²) >= 11 is 0. The van der Waals surface area contributed by atoms with Gasteiger partial charge < -0.3 is 19.9 Å². The largest absolute Gasteiger partial charge is 0.376 e. The second kappa shape index (κ2) is 13.1. The second-order valence-electron chi connectivity index (χ2n) is 8.35. The molecule has 0 radical (unpaired) electrons. The maximum atomic E-state index is 5.84. The molecule has 170 valence electrons. The summed E-state index contributed by atoms with van der Waals surface area (Å²) in [4.78, 5) is 4.74. The molecule has 2 aromatic rings. The Kier molecular flexibility index (Phi) is 9.83. The minimum Gasteiger partial charge on any atom is -0.376 e. The number of aliphatic imine (C=N–C) groups is 1. The molecule has 2 heterocycles. The van der Waals surface area contributed by atoms with Crippen LogP contribution in [0.2, 0.25) is 0 Å². The molecule has 7 heteroatoms. The minimum absolute atomic E-state index is 0.366. The lowest BCUT2D eigenvalue weighted by molar-refractivity contribution is 0.0945. The van der Waals surface area contributed by atoms with Crippen LogP contribution in [0.25, 0.3) is 0 Å². The van der Waals surface area contributed by atoms with Gasteiger partial charge in [0.1, 0.15) is 11.6 Å². The first-order valence-corrected chi connectivity index (χ1v) is 11.8. The van der Waals surface area contributed by atoms with Gasteiger partial charge in [-0.05, 0) is 37.7 Å². The highest BCUT2D eigenvalue weighted by molar-refractivity contribution is 5.79. The van der Waals surface area contributed by atoms with Crippen LogP contribution in [0.1, 0.15) is 56.7 Å². The lowest BCUT2D eigenvalue weighted by Crippen LogP contribution is -2.38. The molecule has 1 aliphatic rings. The summed E-state index contributed by atoms with van der Waals surface area (Å²) in [7, 11) is 0. The third kappa shape index (κ3) is 7.98. The van der Waals surface area contributed by atoms with E-state index in [4.69, 9.17) is 9.73 Å². The number of ether oxygens (including phenoxy) is 1. The van der Waals surface area contributed by atoms with Crippen LogP contribution in [0.3, 0.4) is 0 Å². The third-order valence-corrected chi connectivity index (χ3v) is 5.47. The number of nitrogens with one attached hydrogen (secondary N) is 2. The quantitative estimate of drug-likeness (QED) is 0.327. The number of fused-ring (bicyclic) bond motifs is 1. The Morgan fingerprint density at radius 1 is 1.16 bits per heavy atom. The fraction of sp³-hybridized carbons (Fsp3) is 0.625. The highest BCUT2D eigenvalue weighted by Gasteiger charge is 2.14. The van der Waals surface area contributed by atoms with Crippen molar-refractivity contribution in [3.63, 3.8) is 0 Å². The van der Waals surface area contributed by atoms with Crippen molar-refractivity contribution in [3.8, 4) is 0 Å². The number of hydrogen-bond donors (Lipinski definition) is 2. The standard InChI is InChI=1S/C24H38N6O/c1-3-25-24(27-17-20(2)18-31-19-21-11-6-4-7-12-21)26-15-10-14-23-29-28-22-13-8-5-9-16-30(22)23/h4,6-7,11-12,20H,3,5,8-10,13-19H2,1-2H3,(H2,25,26,27). The summed E-state index contributed by atoms with van der Waals surface area (Å²) in [6, 6.07) is 10.3. The third-order valence-electron chi connectivity index (χ3n) is 5.47. The summed E-state index contributed by atoms with van der Waals surface area (Å²) in [5, 5.41) is 15.6. The average molecular weight is 427 g/mol. The molecule has 0 saturated carbocycles. The topological polar surface area (TPSA) is 76.4 Å². The van der Waals surface area contributed by atoms with E-state index in [0.717, 1.165) is 57.2 Å². The summed E-state index contributed by atoms with van der Waals surface area (Å²) in [5.41, 5.74) is 1.21. The minimum atomic E-state index is 0.366. The maximum absolute atomic E-state index is 5.84. The molecular weight excluding hydrogens is 388 g/mol. The number of benzene rings is 1. The lowest BCUT2D eigenvalue weighted by atomic mass is 10.2. The fourth-order valence-electron chi connectivity index (χ4n) is 3.78. The average Bonchev–Trinajstić information content (AvgIpc) is 3.01. The zero-order valence-corrected chi connectivity index (χ0v) is 19.1. The number of aromatic nitrogens is 3. The van der Waals surface area contributed by atoms with Gasteiger partial charge in [-0.25, -0.2) is 0 Å². The zero-order valence-electron chi connectivity index (χ0n) is 19.1. The predicted octanol–water partition coefficient (Wildman–Crippen LogP) is 3.35. The zero-order chi connectivity index (χ0) is 21.7. The lowest BCUT2D eigenvalue weighted by Gasteiger charge is -2.14. The van der Waals surface area contributed by atoms with Crippen LogP contribution < -0.4 is 10.6 Å². The van der Waals surface area contributed by atoms with E-state index in [-0.39, 0.29) is 0 Å². The number of hydrogen-bond acceptors (Lipinski definition) is 4. The van der Waals surface area contributed by atoms with Gasteiger partial charge in [0.05, 0.1) is 13.2 Å². The van der Waals surface area contributed by atoms with Gasteiger partial charge in [-0.1, -0.05) is 43.7 Å². The normalized spacial score (nSPS) is 15.2. The van der Waals surface area contributed by atoms with Gasteiger partial charge in [0.15, 0.2) is 5.96 Å². The first-order valence-electron chi connectivity index (χ1n) is 11.8. The fourth-order valence-corrected chi connectivity index (χ4v) is 3.78. The van der Waals surface area contributed by atoms with Crippen LogP contribution in [0.4, 0.5) is 0 Å². The number of guanidine groups is 1. The summed E-state index contributed by atoms with van der Waals surface area (Å²) in [6.07, 6.45) is 6.79. The molecule has 0 spiro atoms. The van der Waals surface area contributed by atoms with Gasteiger partial charge in [0.2, 0.25) is 0 Å². The Morgan fingerprint density at radius 2 is 2.03 bits per heavy atom. The van der Waals surface area contributed by atoms with Crippen LogP contribution in [0, 0.1) is 5.92 Å². The molecule has 1 aromatic carbocycles. The molecule has 7 nitrogen and oxygen atoms in total. The second-order valence-corrected chi connectivity index (χ2v) is 8.35. The predicted molar refractivity (Wildman–Crippen MR) is 125 cm³/mol. The van der Waals surface area contributed by atoms with Crippen LogP contribution in [-0.2, 0) is 30.7 Å². The molecule has 0 fully saturated rings. The molecule has 1 aromatic heterocycles. The molecule has 1 aliphatic heterocycles. The first-order chi connectivity index (χ1) is 15.3. The molecule has 0 saturated heterocycles. The molecule has 31 heavy (non-hydrogen) atoms. The van der Waals surface area contributed by atoms with Crippen molar-refractivity contribution in [1.29, 1.82) is 0 Å². The van der Waals surface area contributed by atoms with Crippen molar-refractivity contribution in [1.82, 2.24) is 25.4 Å². The van der Waals surface area contributed by atoms with Crippen molar-refractivity contribution < 1.29 is 4.74 Å². The number of rotatable bonds is 11. The van der Waals surface area contributed by atoms with E-state index < -0.39 is 0 Å². The van der Waals surface area contributed by atoms with Crippen molar-refractivity contribution >= 4 is 5.96 Å². The van der Waals surface area contributed by atoms with E-state index in [9.17, 15) is 0 Å². The van der Waals surface area contributed by atoms with E-state index in [0.29, 0.717) is 19.1 Å². The van der Waals surface area contributed by atoms with Gasteiger partial charge in [-0.2, -0.15) is 0 Å². The Labute approximate surface area is 186 Å². The van der Waals surface area contributed by atoms with Crippen LogP contribution >= 0.6 is 0 Å². The molecule has 1 unspecified atom stereocenters. The maximum Gasteiger partial charge on any atom is 0.191 e. The smallest absolute Gasteiger partial charge is 0.191 e. The molecule has 0 aliphatic carbocycles. The van der Waals surface area contributed by atoms with E-state index >= 15 is 0 Å². The summed E-state index contributed by atoms with van der Waals surface area (Å²) in [5.74, 6) is 3.53. The van der Waals surface area contributed by atoms with Crippen molar-refractivity contribution in [2.75, 3.05) is 26.2 Å². The van der Waals surface area contributed by atoms with Crippen LogP contribution in [0.15, 0.2) is 35.3 Å². The SMILES string of the molecule is CCNC(=NCC(C)COCc1ccccc1)NCCCc1nnc2n1CCCCC2. The Balaban J connectivity index is 1.36. The van der Waals surface area contributed by atoms with Crippen LogP contribution in [0.5, 0.6) is 0 Å². The van der Waals surface area contributed by atoms with Gasteiger partial charge in [0.25, 0.3) is 0 Å². The summed E-state index contributed by atoms with van der Waals surface area (Å²) in [6.45, 7) is 9.15. The molecule has 3 rings (SSSR count). The summed E-state index contributed by atoms with van der Waals surface area (Å²) < 4.78 is 8.18. The van der Waals surface area contributed by atoms with Gasteiger partial charge >= 0.3 is 0 Å². The molecular formula is C24H38N6O. The molecule has 0 bridgehead atoms. The van der Waals surface area contributed by atoms with E-state index in [1.807, 2.05) is 18.2 Å². The molecule has 2 N–H and O–H groups in total. The number of nitrogens with zero attached hydrogens (tertiary/aromatic N) is 4. The van der Waals surface area contributed by atoms with E-state index in [1.54, 1.807) is 0 Å².